The molecular formula is C22H20F5N3O4. The summed E-state index contributed by atoms with van der Waals surface area (Å²) in [5.41, 5.74) is -0.669. The molecule has 2 bridgehead atoms. The fraction of sp³-hybridized carbons (Fsp3) is 0.500. The first-order chi connectivity index (χ1) is 15.9. The quantitative estimate of drug-likeness (QED) is 0.589. The molecule has 6 rings (SSSR count). The van der Waals surface area contributed by atoms with E-state index >= 15 is 0 Å². The van der Waals surface area contributed by atoms with Crippen molar-refractivity contribution in [3.05, 3.63) is 41.6 Å². The molecule has 34 heavy (non-hydrogen) atoms. The van der Waals surface area contributed by atoms with Gasteiger partial charge < -0.3 is 15.4 Å². The van der Waals surface area contributed by atoms with E-state index in [9.17, 15) is 31.5 Å². The summed E-state index contributed by atoms with van der Waals surface area (Å²) in [6.07, 6.45) is -4.33. The van der Waals surface area contributed by atoms with Crippen LogP contribution in [0.2, 0.25) is 0 Å². The highest BCUT2D eigenvalue weighted by Gasteiger charge is 2.69. The van der Waals surface area contributed by atoms with Crippen LogP contribution in [0, 0.1) is 11.6 Å². The molecule has 4 aliphatic rings. The van der Waals surface area contributed by atoms with Gasteiger partial charge in [-0.05, 0) is 31.4 Å². The first-order valence-electron chi connectivity index (χ1n) is 10.7. The summed E-state index contributed by atoms with van der Waals surface area (Å²) in [5, 5.41) is 6.13. The third kappa shape index (κ3) is 4.43. The van der Waals surface area contributed by atoms with Crippen LogP contribution in [0.4, 0.5) is 22.0 Å². The molecule has 0 unspecified atom stereocenters. The maximum absolute atomic E-state index is 13.5. The van der Waals surface area contributed by atoms with Gasteiger partial charge >= 0.3 is 6.36 Å². The molecule has 2 aromatic rings. The maximum atomic E-state index is 13.5. The van der Waals surface area contributed by atoms with Crippen molar-refractivity contribution in [2.24, 2.45) is 0 Å². The van der Waals surface area contributed by atoms with Gasteiger partial charge in [0.2, 0.25) is 5.91 Å². The van der Waals surface area contributed by atoms with Crippen LogP contribution in [0.3, 0.4) is 0 Å². The molecule has 4 saturated carbocycles. The van der Waals surface area contributed by atoms with E-state index in [2.05, 4.69) is 20.4 Å². The van der Waals surface area contributed by atoms with Crippen molar-refractivity contribution in [1.82, 2.24) is 15.6 Å². The Morgan fingerprint density at radius 2 is 1.65 bits per heavy atom. The van der Waals surface area contributed by atoms with Gasteiger partial charge in [-0.3, -0.25) is 14.3 Å². The fourth-order valence-electron chi connectivity index (χ4n) is 5.07. The van der Waals surface area contributed by atoms with Crippen molar-refractivity contribution in [1.29, 1.82) is 0 Å². The van der Waals surface area contributed by atoms with Crippen LogP contribution in [0.1, 0.15) is 42.6 Å². The van der Waals surface area contributed by atoms with Crippen LogP contribution in [0.15, 0.2) is 24.3 Å². The second-order valence-corrected chi connectivity index (χ2v) is 9.34. The maximum Gasteiger partial charge on any atom is 0.522 e. The molecule has 7 nitrogen and oxygen atoms in total. The minimum Gasteiger partial charge on any atom is -0.368 e. The van der Waals surface area contributed by atoms with E-state index in [1.165, 1.54) is 12.1 Å². The average molecular weight is 485 g/mol. The Morgan fingerprint density at radius 3 is 2.32 bits per heavy atom. The normalized spacial score (nSPS) is 29.6. The van der Waals surface area contributed by atoms with Gasteiger partial charge in [-0.1, -0.05) is 6.07 Å². The van der Waals surface area contributed by atoms with E-state index in [1.807, 2.05) is 0 Å². The Hall–Kier alpha value is -2.86. The Bertz CT molecular complexity index is 1150. The fourth-order valence-corrected chi connectivity index (χ4v) is 5.07. The highest BCUT2D eigenvalue weighted by molar-refractivity contribution is 5.95. The summed E-state index contributed by atoms with van der Waals surface area (Å²) < 4.78 is 72.4. The average Bonchev–Trinajstić information content (AvgIpc) is 2.66. The zero-order valence-electron chi connectivity index (χ0n) is 17.7. The van der Waals surface area contributed by atoms with E-state index in [4.69, 9.17) is 4.74 Å². The lowest BCUT2D eigenvalue weighted by molar-refractivity contribution is -0.357. The molecule has 1 aromatic heterocycles. The van der Waals surface area contributed by atoms with E-state index < -0.39 is 47.2 Å². The second-order valence-electron chi connectivity index (χ2n) is 9.34. The van der Waals surface area contributed by atoms with Crippen LogP contribution >= 0.6 is 0 Å². The van der Waals surface area contributed by atoms with Gasteiger partial charge in [0.1, 0.15) is 12.3 Å². The molecule has 4 fully saturated rings. The summed E-state index contributed by atoms with van der Waals surface area (Å²) in [7, 11) is 0. The molecule has 182 valence electrons. The molecule has 0 atom stereocenters. The van der Waals surface area contributed by atoms with E-state index in [0.717, 1.165) is 12.1 Å². The van der Waals surface area contributed by atoms with Gasteiger partial charge in [0.15, 0.2) is 11.6 Å². The van der Waals surface area contributed by atoms with E-state index in [1.54, 1.807) is 0 Å². The van der Waals surface area contributed by atoms with Crippen LogP contribution < -0.4 is 10.6 Å². The zero-order valence-corrected chi connectivity index (χ0v) is 17.7. The third-order valence-electron chi connectivity index (χ3n) is 6.58. The predicted octanol–water partition coefficient (Wildman–Crippen LogP) is 3.12. The van der Waals surface area contributed by atoms with Gasteiger partial charge in [0.25, 0.3) is 5.91 Å². The largest absolute Gasteiger partial charge is 0.522 e. The summed E-state index contributed by atoms with van der Waals surface area (Å²) in [6.45, 7) is -0.261. The number of benzene rings is 1. The summed E-state index contributed by atoms with van der Waals surface area (Å²) >= 11 is 0. The Morgan fingerprint density at radius 1 is 1.00 bits per heavy atom. The van der Waals surface area contributed by atoms with Gasteiger partial charge in [-0.2, -0.15) is 0 Å². The second kappa shape index (κ2) is 7.84. The smallest absolute Gasteiger partial charge is 0.368 e. The summed E-state index contributed by atoms with van der Waals surface area (Å²) in [5.74, 6) is -2.86. The van der Waals surface area contributed by atoms with Gasteiger partial charge in [0.05, 0.1) is 17.7 Å². The topological polar surface area (TPSA) is 89.5 Å². The number of alkyl halides is 3. The van der Waals surface area contributed by atoms with Crippen LogP contribution in [0.25, 0.3) is 10.9 Å². The number of nitrogens with one attached hydrogen (secondary N) is 2. The number of rotatable bonds is 7. The molecule has 0 spiro atoms. The minimum absolute atomic E-state index is 0.0722. The van der Waals surface area contributed by atoms with E-state index in [0.29, 0.717) is 24.6 Å². The van der Waals surface area contributed by atoms with Crippen molar-refractivity contribution in [3.8, 4) is 0 Å². The molecule has 0 aliphatic heterocycles. The van der Waals surface area contributed by atoms with Crippen LogP contribution in [-0.4, -0.2) is 53.1 Å². The lowest BCUT2D eigenvalue weighted by atomic mass is 9.44. The third-order valence-corrected chi connectivity index (χ3v) is 6.58. The Labute approximate surface area is 190 Å². The molecule has 12 heteroatoms. The monoisotopic (exact) mass is 485 g/mol. The van der Waals surface area contributed by atoms with Crippen molar-refractivity contribution in [3.63, 3.8) is 0 Å². The lowest BCUT2D eigenvalue weighted by Gasteiger charge is -2.70. The summed E-state index contributed by atoms with van der Waals surface area (Å²) in [4.78, 5) is 28.9. The SMILES string of the molecule is O=C(CO[C@H]1C[C@@H](OC(F)(F)F)C1)NC12CC(NC(=O)c3ccc4cc(F)c(F)cc4n3)(C1)C2. The van der Waals surface area contributed by atoms with Crippen molar-refractivity contribution in [2.45, 2.75) is 61.8 Å². The summed E-state index contributed by atoms with van der Waals surface area (Å²) in [6, 6.07) is 4.86. The highest BCUT2D eigenvalue weighted by Crippen LogP contribution is 2.60. The molecule has 0 saturated heterocycles. The molecule has 2 amide bonds. The Kier molecular flexibility index (Phi) is 5.28. The number of carbonyl (C=O) groups is 2. The molecule has 0 radical (unpaired) electrons. The molecule has 2 N–H and O–H groups in total. The lowest BCUT2D eigenvalue weighted by Crippen LogP contribution is -2.84. The predicted molar refractivity (Wildman–Crippen MR) is 106 cm³/mol. The number of fused-ring (bicyclic) bond motifs is 1. The molecule has 1 aromatic carbocycles. The van der Waals surface area contributed by atoms with E-state index in [-0.39, 0.29) is 36.6 Å². The highest BCUT2D eigenvalue weighted by atomic mass is 19.4. The van der Waals surface area contributed by atoms with Gasteiger partial charge in [-0.15, -0.1) is 13.2 Å². The van der Waals surface area contributed by atoms with Gasteiger partial charge in [-0.25, -0.2) is 13.8 Å². The molecule has 1 heterocycles. The van der Waals surface area contributed by atoms with Crippen molar-refractivity contribution >= 4 is 22.7 Å². The first-order valence-corrected chi connectivity index (χ1v) is 10.7. The Balaban J connectivity index is 1.06. The van der Waals surface area contributed by atoms with Crippen molar-refractivity contribution < 1.29 is 41.0 Å². The standard InChI is InChI=1S/C22H20F5N3O4/c23-14-3-11-1-2-16(28-17(11)6-15(14)24)19(32)30-21-8-20(9-21,10-21)29-18(31)7-33-12-4-13(5-12)34-22(25,26)27/h1-3,6,12-13H,4-5,7-10H2,(H,29,31)(H,30,32)/t12-,13+,20?,21?. The number of hydrogen-bond acceptors (Lipinski definition) is 5. The number of hydrogen-bond donors (Lipinski definition) is 2. The van der Waals surface area contributed by atoms with Crippen LogP contribution in [0.5, 0.6) is 0 Å². The number of carbonyl (C=O) groups excluding carboxylic acids is 2. The zero-order chi connectivity index (χ0) is 24.3. The number of amides is 2. The number of ether oxygens (including phenoxy) is 2. The first kappa shape index (κ1) is 22.9. The number of pyridine rings is 1. The number of aromatic nitrogens is 1. The molecular weight excluding hydrogens is 465 g/mol. The number of halogens is 5. The van der Waals surface area contributed by atoms with Crippen LogP contribution in [-0.2, 0) is 14.3 Å². The molecule has 4 aliphatic carbocycles. The van der Waals surface area contributed by atoms with Gasteiger partial charge in [0, 0.05) is 35.4 Å². The minimum atomic E-state index is -4.68. The van der Waals surface area contributed by atoms with Crippen molar-refractivity contribution in [2.75, 3.05) is 6.61 Å². The number of nitrogens with zero attached hydrogens (tertiary/aromatic N) is 1.